The Balaban J connectivity index is 1.80. The van der Waals surface area contributed by atoms with E-state index in [2.05, 4.69) is 15.9 Å². The van der Waals surface area contributed by atoms with Gasteiger partial charge in [0.15, 0.2) is 13.1 Å². The minimum Gasteiger partial charge on any atom is -0.468 e. The van der Waals surface area contributed by atoms with Crippen molar-refractivity contribution < 1.29 is 14.3 Å². The summed E-state index contributed by atoms with van der Waals surface area (Å²) in [5.74, 6) is 0.658. The van der Waals surface area contributed by atoms with Gasteiger partial charge in [0.1, 0.15) is 5.75 Å². The Bertz CT molecular complexity index is 540. The first kappa shape index (κ1) is 13.8. The predicted octanol–water partition coefficient (Wildman–Crippen LogP) is 3.81. The molecule has 0 atom stereocenters. The first-order valence-electron chi connectivity index (χ1n) is 5.79. The van der Waals surface area contributed by atoms with Crippen LogP contribution in [-0.4, -0.2) is 13.1 Å². The summed E-state index contributed by atoms with van der Waals surface area (Å²) in [6, 6.07) is 15.1. The van der Waals surface area contributed by atoms with E-state index in [1.807, 2.05) is 30.3 Å². The van der Waals surface area contributed by atoms with Crippen molar-refractivity contribution in [2.24, 2.45) is 0 Å². The number of benzene rings is 2. The second-order valence-electron chi connectivity index (χ2n) is 3.90. The summed E-state index contributed by atoms with van der Waals surface area (Å²) in [7, 11) is 0. The lowest BCUT2D eigenvalue weighted by Crippen LogP contribution is -2.03. The van der Waals surface area contributed by atoms with Crippen LogP contribution in [0.5, 0.6) is 5.75 Å². The van der Waals surface area contributed by atoms with Crippen LogP contribution in [0.2, 0.25) is 0 Å². The lowest BCUT2D eigenvalue weighted by Gasteiger charge is -2.08. The smallest absolute Gasteiger partial charge is 0.189 e. The maximum Gasteiger partial charge on any atom is 0.189 e. The molecule has 0 N–H and O–H groups in total. The molecular formula is C15H13BrO3. The molecule has 2 aromatic rings. The zero-order valence-corrected chi connectivity index (χ0v) is 11.8. The molecule has 4 heteroatoms. The minimum absolute atomic E-state index is 0.168. The van der Waals surface area contributed by atoms with Crippen molar-refractivity contribution in [3.63, 3.8) is 0 Å². The average Bonchev–Trinajstić information content (AvgIpc) is 2.45. The van der Waals surface area contributed by atoms with Gasteiger partial charge in [-0.05, 0) is 39.7 Å². The molecular weight excluding hydrogens is 308 g/mol. The summed E-state index contributed by atoms with van der Waals surface area (Å²) in [5, 5.41) is 0. The highest BCUT2D eigenvalue weighted by molar-refractivity contribution is 9.10. The number of carbonyl (C=O) groups excluding carboxylic acids is 1. The van der Waals surface area contributed by atoms with E-state index in [9.17, 15) is 4.79 Å². The van der Waals surface area contributed by atoms with Crippen molar-refractivity contribution in [2.75, 3.05) is 6.79 Å². The third-order valence-corrected chi connectivity index (χ3v) is 3.21. The van der Waals surface area contributed by atoms with Crippen LogP contribution in [0.25, 0.3) is 0 Å². The van der Waals surface area contributed by atoms with Crippen molar-refractivity contribution in [2.45, 2.75) is 6.61 Å². The van der Waals surface area contributed by atoms with Gasteiger partial charge < -0.3 is 9.47 Å². The summed E-state index contributed by atoms with van der Waals surface area (Å²) in [5.41, 5.74) is 1.70. The molecule has 2 aromatic carbocycles. The Kier molecular flexibility index (Phi) is 5.12. The second kappa shape index (κ2) is 7.07. The summed E-state index contributed by atoms with van der Waals surface area (Å²) in [6.07, 6.45) is 0.791. The van der Waals surface area contributed by atoms with E-state index in [1.165, 1.54) is 0 Å². The molecule has 0 aliphatic rings. The van der Waals surface area contributed by atoms with Crippen molar-refractivity contribution in [3.05, 3.63) is 64.1 Å². The fourth-order valence-electron chi connectivity index (χ4n) is 1.54. The maximum atomic E-state index is 10.7. The molecule has 0 spiro atoms. The SMILES string of the molecule is O=Cc1ccc(OCOCc2ccccc2)cc1Br. The quantitative estimate of drug-likeness (QED) is 0.461. The predicted molar refractivity (Wildman–Crippen MR) is 76.3 cm³/mol. The number of ether oxygens (including phenoxy) is 2. The lowest BCUT2D eigenvalue weighted by molar-refractivity contribution is 0.00501. The van der Waals surface area contributed by atoms with Gasteiger partial charge in [0.05, 0.1) is 6.61 Å². The van der Waals surface area contributed by atoms with Gasteiger partial charge in [-0.3, -0.25) is 4.79 Å². The van der Waals surface area contributed by atoms with Gasteiger partial charge in [0, 0.05) is 10.0 Å². The first-order valence-corrected chi connectivity index (χ1v) is 6.58. The summed E-state index contributed by atoms with van der Waals surface area (Å²) >= 11 is 3.30. The van der Waals surface area contributed by atoms with Gasteiger partial charge >= 0.3 is 0 Å². The Morgan fingerprint density at radius 3 is 2.58 bits per heavy atom. The lowest BCUT2D eigenvalue weighted by atomic mass is 10.2. The van der Waals surface area contributed by atoms with Crippen LogP contribution in [0.4, 0.5) is 0 Å². The van der Waals surface area contributed by atoms with Crippen molar-refractivity contribution >= 4 is 22.2 Å². The second-order valence-corrected chi connectivity index (χ2v) is 4.75. The minimum atomic E-state index is 0.168. The van der Waals surface area contributed by atoms with Gasteiger partial charge in [-0.2, -0.15) is 0 Å². The standard InChI is InChI=1S/C15H13BrO3/c16-15-8-14(7-6-13(15)9-17)19-11-18-10-12-4-2-1-3-5-12/h1-9H,10-11H2. The summed E-state index contributed by atoms with van der Waals surface area (Å²) in [4.78, 5) is 10.7. The van der Waals surface area contributed by atoms with Crippen LogP contribution in [0.1, 0.15) is 15.9 Å². The summed E-state index contributed by atoms with van der Waals surface area (Å²) < 4.78 is 11.6. The van der Waals surface area contributed by atoms with E-state index in [0.717, 1.165) is 11.8 Å². The van der Waals surface area contributed by atoms with Gasteiger partial charge in [-0.25, -0.2) is 0 Å². The normalized spacial score (nSPS) is 10.2. The fourth-order valence-corrected chi connectivity index (χ4v) is 1.99. The fraction of sp³-hybridized carbons (Fsp3) is 0.133. The molecule has 0 saturated heterocycles. The van der Waals surface area contributed by atoms with Crippen molar-refractivity contribution in [1.82, 2.24) is 0 Å². The molecule has 19 heavy (non-hydrogen) atoms. The van der Waals surface area contributed by atoms with Crippen LogP contribution < -0.4 is 4.74 Å². The van der Waals surface area contributed by atoms with E-state index in [-0.39, 0.29) is 6.79 Å². The van der Waals surface area contributed by atoms with Gasteiger partial charge in [-0.15, -0.1) is 0 Å². The van der Waals surface area contributed by atoms with Gasteiger partial charge in [0.2, 0.25) is 0 Å². The van der Waals surface area contributed by atoms with Gasteiger partial charge in [-0.1, -0.05) is 30.3 Å². The number of hydrogen-bond donors (Lipinski definition) is 0. The molecule has 0 amide bonds. The molecule has 98 valence electrons. The summed E-state index contributed by atoms with van der Waals surface area (Å²) in [6.45, 7) is 0.677. The number of rotatable bonds is 6. The van der Waals surface area contributed by atoms with Crippen molar-refractivity contribution in [3.8, 4) is 5.75 Å². The molecule has 0 radical (unpaired) electrons. The zero-order chi connectivity index (χ0) is 13.5. The molecule has 0 aromatic heterocycles. The van der Waals surface area contributed by atoms with E-state index in [4.69, 9.17) is 9.47 Å². The third-order valence-electron chi connectivity index (χ3n) is 2.52. The number of halogens is 1. The molecule has 0 fully saturated rings. The van der Waals surface area contributed by atoms with E-state index < -0.39 is 0 Å². The molecule has 3 nitrogen and oxygen atoms in total. The largest absolute Gasteiger partial charge is 0.468 e. The van der Waals surface area contributed by atoms with E-state index in [1.54, 1.807) is 18.2 Å². The maximum absolute atomic E-state index is 10.7. The van der Waals surface area contributed by atoms with Crippen LogP contribution in [0.3, 0.4) is 0 Å². The zero-order valence-electron chi connectivity index (χ0n) is 10.2. The molecule has 0 aliphatic carbocycles. The number of carbonyl (C=O) groups is 1. The van der Waals surface area contributed by atoms with E-state index in [0.29, 0.717) is 22.4 Å². The monoisotopic (exact) mass is 320 g/mol. The Labute approximate surface area is 120 Å². The van der Waals surface area contributed by atoms with Crippen LogP contribution >= 0.6 is 15.9 Å². The number of hydrogen-bond acceptors (Lipinski definition) is 3. The Hall–Kier alpha value is -1.65. The molecule has 0 aliphatic heterocycles. The highest BCUT2D eigenvalue weighted by atomic mass is 79.9. The number of aldehydes is 1. The van der Waals surface area contributed by atoms with Gasteiger partial charge in [0.25, 0.3) is 0 Å². The van der Waals surface area contributed by atoms with Crippen LogP contribution in [0.15, 0.2) is 53.0 Å². The average molecular weight is 321 g/mol. The highest BCUT2D eigenvalue weighted by Crippen LogP contribution is 2.21. The molecule has 0 saturated carbocycles. The van der Waals surface area contributed by atoms with Crippen LogP contribution in [0, 0.1) is 0 Å². The topological polar surface area (TPSA) is 35.5 Å². The third kappa shape index (κ3) is 4.19. The molecule has 2 rings (SSSR count). The molecule has 0 unspecified atom stereocenters. The van der Waals surface area contributed by atoms with Crippen LogP contribution in [-0.2, 0) is 11.3 Å². The Morgan fingerprint density at radius 1 is 1.11 bits per heavy atom. The van der Waals surface area contributed by atoms with E-state index >= 15 is 0 Å². The first-order chi connectivity index (χ1) is 9.29. The van der Waals surface area contributed by atoms with Crippen molar-refractivity contribution in [1.29, 1.82) is 0 Å². The molecule has 0 bridgehead atoms. The highest BCUT2D eigenvalue weighted by Gasteiger charge is 2.01. The molecule has 0 heterocycles. The Morgan fingerprint density at radius 2 is 1.89 bits per heavy atom.